The van der Waals surface area contributed by atoms with Crippen LogP contribution in [0, 0.1) is 0 Å². The summed E-state index contributed by atoms with van der Waals surface area (Å²) in [6.07, 6.45) is 5.82. The Morgan fingerprint density at radius 2 is 1.88 bits per heavy atom. The van der Waals surface area contributed by atoms with Gasteiger partial charge in [-0.05, 0) is 56.3 Å². The van der Waals surface area contributed by atoms with Gasteiger partial charge >= 0.3 is 0 Å². The Hall–Kier alpha value is -0.810. The number of piperidine rings is 1. The molecule has 2 heterocycles. The number of aliphatic hydroxyl groups excluding tert-OH is 1. The molecule has 6 heteroatoms. The van der Waals surface area contributed by atoms with Gasteiger partial charge in [0.05, 0.1) is 23.1 Å². The maximum absolute atomic E-state index is 12.9. The van der Waals surface area contributed by atoms with Crippen molar-refractivity contribution >= 4 is 29.1 Å². The van der Waals surface area contributed by atoms with Crippen LogP contribution in [-0.2, 0) is 11.2 Å². The summed E-state index contributed by atoms with van der Waals surface area (Å²) in [7, 11) is 0. The molecule has 2 saturated heterocycles. The van der Waals surface area contributed by atoms with E-state index in [-0.39, 0.29) is 24.6 Å². The Balaban J connectivity index is 1.65. The molecule has 2 atom stereocenters. The number of carbonyl (C=O) groups excluding carboxylic acids is 1. The van der Waals surface area contributed by atoms with E-state index in [1.807, 2.05) is 11.0 Å². The van der Waals surface area contributed by atoms with E-state index in [0.717, 1.165) is 50.9 Å². The van der Waals surface area contributed by atoms with Crippen LogP contribution in [0.1, 0.15) is 37.7 Å². The number of hydrogen-bond acceptors (Lipinski definition) is 3. The Bertz CT molecular complexity index is 611. The average Bonchev–Trinajstić information content (AvgIpc) is 3.06. The van der Waals surface area contributed by atoms with Crippen LogP contribution in [0.5, 0.6) is 0 Å². The highest BCUT2D eigenvalue weighted by Gasteiger charge is 2.32. The van der Waals surface area contributed by atoms with Crippen molar-refractivity contribution in [2.45, 2.75) is 50.6 Å². The Kier molecular flexibility index (Phi) is 6.61. The maximum atomic E-state index is 12.9. The molecule has 3 rings (SSSR count). The molecule has 25 heavy (non-hydrogen) atoms. The number of rotatable bonds is 5. The average molecular weight is 385 g/mol. The first-order valence-corrected chi connectivity index (χ1v) is 9.92. The van der Waals surface area contributed by atoms with Crippen LogP contribution in [0.2, 0.25) is 10.0 Å². The van der Waals surface area contributed by atoms with Gasteiger partial charge in [0.2, 0.25) is 5.91 Å². The molecule has 1 amide bonds. The zero-order valence-electron chi connectivity index (χ0n) is 14.5. The summed E-state index contributed by atoms with van der Waals surface area (Å²) in [6.45, 7) is 2.93. The minimum atomic E-state index is 0.155. The van der Waals surface area contributed by atoms with E-state index in [4.69, 9.17) is 23.2 Å². The van der Waals surface area contributed by atoms with Crippen molar-refractivity contribution in [1.29, 1.82) is 0 Å². The fourth-order valence-corrected chi connectivity index (χ4v) is 4.38. The molecule has 2 fully saturated rings. The van der Waals surface area contributed by atoms with Crippen LogP contribution in [0.25, 0.3) is 0 Å². The summed E-state index contributed by atoms with van der Waals surface area (Å²) in [6, 6.07) is 5.90. The van der Waals surface area contributed by atoms with Crippen LogP contribution in [0.3, 0.4) is 0 Å². The molecule has 1 aromatic rings. The molecule has 0 aliphatic carbocycles. The highest BCUT2D eigenvalue weighted by Crippen LogP contribution is 2.26. The van der Waals surface area contributed by atoms with Crippen molar-refractivity contribution in [3.63, 3.8) is 0 Å². The third kappa shape index (κ3) is 4.68. The summed E-state index contributed by atoms with van der Waals surface area (Å²) in [5, 5.41) is 10.5. The van der Waals surface area contributed by atoms with E-state index < -0.39 is 0 Å². The first kappa shape index (κ1) is 19.0. The van der Waals surface area contributed by atoms with Gasteiger partial charge in [0, 0.05) is 25.2 Å². The third-order valence-corrected chi connectivity index (χ3v) is 6.18. The van der Waals surface area contributed by atoms with E-state index in [1.54, 1.807) is 12.1 Å². The summed E-state index contributed by atoms with van der Waals surface area (Å²) < 4.78 is 0. The summed E-state index contributed by atoms with van der Waals surface area (Å²) in [5.41, 5.74) is 0.901. The quantitative estimate of drug-likeness (QED) is 0.845. The smallest absolute Gasteiger partial charge is 0.227 e. The summed E-state index contributed by atoms with van der Waals surface area (Å²) in [5.74, 6) is 0.155. The number of halogens is 2. The number of nitrogens with zero attached hydrogens (tertiary/aromatic N) is 2. The van der Waals surface area contributed by atoms with Crippen LogP contribution in [0.15, 0.2) is 18.2 Å². The van der Waals surface area contributed by atoms with Crippen LogP contribution < -0.4 is 0 Å². The number of benzene rings is 1. The van der Waals surface area contributed by atoms with Crippen molar-refractivity contribution < 1.29 is 9.90 Å². The molecule has 1 aromatic carbocycles. The molecule has 0 radical (unpaired) electrons. The standard InChI is InChI=1S/C19H26Cl2N2O2/c20-17-7-6-14(10-18(17)21)11-19(25)23-9-2-1-4-15(23)12-22-8-3-5-16(22)13-24/h6-7,10,15-16,24H,1-5,8-9,11-13H2. The molecule has 0 bridgehead atoms. The SMILES string of the molecule is O=C(Cc1ccc(Cl)c(Cl)c1)N1CCCCC1CN1CCCC1CO. The summed E-state index contributed by atoms with van der Waals surface area (Å²) in [4.78, 5) is 17.3. The first-order valence-electron chi connectivity index (χ1n) is 9.17. The van der Waals surface area contributed by atoms with Gasteiger partial charge in [0.15, 0.2) is 0 Å². The number of hydrogen-bond donors (Lipinski definition) is 1. The zero-order valence-corrected chi connectivity index (χ0v) is 16.0. The van der Waals surface area contributed by atoms with Gasteiger partial charge in [-0.1, -0.05) is 29.3 Å². The van der Waals surface area contributed by atoms with Gasteiger partial charge in [0.1, 0.15) is 0 Å². The first-order chi connectivity index (χ1) is 12.1. The van der Waals surface area contributed by atoms with E-state index >= 15 is 0 Å². The zero-order chi connectivity index (χ0) is 17.8. The lowest BCUT2D eigenvalue weighted by atomic mass is 10.00. The molecule has 1 N–H and O–H groups in total. The largest absolute Gasteiger partial charge is 0.395 e. The lowest BCUT2D eigenvalue weighted by Gasteiger charge is -2.39. The molecule has 0 spiro atoms. The molecule has 0 saturated carbocycles. The van der Waals surface area contributed by atoms with Gasteiger partial charge in [-0.2, -0.15) is 0 Å². The van der Waals surface area contributed by atoms with E-state index in [0.29, 0.717) is 16.5 Å². The molecule has 0 aromatic heterocycles. The second kappa shape index (κ2) is 8.72. The van der Waals surface area contributed by atoms with Crippen molar-refractivity contribution in [3.8, 4) is 0 Å². The Morgan fingerprint density at radius 1 is 1.08 bits per heavy atom. The minimum absolute atomic E-state index is 0.155. The second-order valence-corrected chi connectivity index (χ2v) is 7.95. The van der Waals surface area contributed by atoms with Gasteiger partial charge < -0.3 is 10.0 Å². The molecular weight excluding hydrogens is 359 g/mol. The van der Waals surface area contributed by atoms with Crippen molar-refractivity contribution in [2.75, 3.05) is 26.2 Å². The minimum Gasteiger partial charge on any atom is -0.395 e. The second-order valence-electron chi connectivity index (χ2n) is 7.14. The van der Waals surface area contributed by atoms with Crippen molar-refractivity contribution in [3.05, 3.63) is 33.8 Å². The highest BCUT2D eigenvalue weighted by molar-refractivity contribution is 6.42. The lowest BCUT2D eigenvalue weighted by Crippen LogP contribution is -2.51. The van der Waals surface area contributed by atoms with Gasteiger partial charge in [0.25, 0.3) is 0 Å². The molecule has 2 aliphatic heterocycles. The van der Waals surface area contributed by atoms with Crippen LogP contribution >= 0.6 is 23.2 Å². The normalized spacial score (nSPS) is 24.7. The number of carbonyl (C=O) groups is 1. The van der Waals surface area contributed by atoms with E-state index in [1.165, 1.54) is 6.42 Å². The fraction of sp³-hybridized carbons (Fsp3) is 0.632. The highest BCUT2D eigenvalue weighted by atomic mass is 35.5. The summed E-state index contributed by atoms with van der Waals surface area (Å²) >= 11 is 12.0. The molecule has 2 unspecified atom stereocenters. The van der Waals surface area contributed by atoms with E-state index in [2.05, 4.69) is 4.90 Å². The monoisotopic (exact) mass is 384 g/mol. The number of amides is 1. The Morgan fingerprint density at radius 3 is 2.64 bits per heavy atom. The molecular formula is C19H26Cl2N2O2. The molecule has 4 nitrogen and oxygen atoms in total. The predicted octanol–water partition coefficient (Wildman–Crippen LogP) is 3.37. The van der Waals surface area contributed by atoms with Gasteiger partial charge in [-0.25, -0.2) is 0 Å². The molecule has 2 aliphatic rings. The van der Waals surface area contributed by atoms with Crippen molar-refractivity contribution in [2.24, 2.45) is 0 Å². The number of aliphatic hydroxyl groups is 1. The Labute approximate surface area is 159 Å². The maximum Gasteiger partial charge on any atom is 0.227 e. The van der Waals surface area contributed by atoms with Gasteiger partial charge in [-0.3, -0.25) is 9.69 Å². The predicted molar refractivity (Wildman–Crippen MR) is 101 cm³/mol. The van der Waals surface area contributed by atoms with Gasteiger partial charge in [-0.15, -0.1) is 0 Å². The van der Waals surface area contributed by atoms with E-state index in [9.17, 15) is 9.90 Å². The van der Waals surface area contributed by atoms with Crippen LogP contribution in [0.4, 0.5) is 0 Å². The lowest BCUT2D eigenvalue weighted by molar-refractivity contribution is -0.134. The van der Waals surface area contributed by atoms with Crippen molar-refractivity contribution in [1.82, 2.24) is 9.80 Å². The van der Waals surface area contributed by atoms with Crippen LogP contribution in [-0.4, -0.2) is 59.1 Å². The third-order valence-electron chi connectivity index (χ3n) is 5.44. The topological polar surface area (TPSA) is 43.8 Å². The number of likely N-dealkylation sites (tertiary alicyclic amines) is 2. The fourth-order valence-electron chi connectivity index (χ4n) is 4.06. The molecule has 138 valence electrons.